The summed E-state index contributed by atoms with van der Waals surface area (Å²) >= 11 is 0. The molecule has 0 radical (unpaired) electrons. The van der Waals surface area contributed by atoms with Crippen LogP contribution in [0, 0.1) is 34.4 Å². The standard InChI is InChI=1S/C9H18.C7H14.C6H12.C5H12.C4H10/c1-8-4-6-9(2,3)7-5-8;1-7-5-3-2-4-6-7;1-6-4-2-3-5-6;1-5(2,3)4;1-4(2)3/h8H,4-7H2,1-3H3;7H,2-6H2,1H3;6H,2-5H2,1H3;1-4H3;4H,1-3H3/i4D2,5D2,6D2,7D2,8D;2D2,3D2,4D2,5D2,6D2,7D;2D2,3D2,4D2,5D2,6D;1D3,2D3,3D3;1D3,2D3,4D. The monoisotopic (exact) mass is 484 g/mol. The summed E-state index contributed by atoms with van der Waals surface area (Å²) in [5.74, 6) is -10.2. The fraction of sp³-hybridized carbons (Fsp3) is 1.00. The lowest BCUT2D eigenvalue weighted by Gasteiger charge is -2.32. The summed E-state index contributed by atoms with van der Waals surface area (Å²) in [7, 11) is 0. The third-order valence-corrected chi connectivity index (χ3v) is 2.31. The van der Waals surface area contributed by atoms with E-state index in [-0.39, 0.29) is 0 Å². The van der Waals surface area contributed by atoms with Crippen molar-refractivity contribution in [2.24, 2.45) is 34.4 Å². The Labute approximate surface area is 264 Å². The van der Waals surface area contributed by atoms with Gasteiger partial charge >= 0.3 is 0 Å². The van der Waals surface area contributed by atoms with Gasteiger partial charge < -0.3 is 0 Å². The quantitative estimate of drug-likeness (QED) is 0.321. The first-order valence-electron chi connectivity index (χ1n) is 31.5. The van der Waals surface area contributed by atoms with Crippen LogP contribution >= 0.6 is 0 Å². The maximum Gasteiger partial charge on any atom is 0.0300 e. The Morgan fingerprint density at radius 3 is 1.39 bits per heavy atom. The average Bonchev–Trinajstić information content (AvgIpc) is 3.18. The molecule has 0 amide bonds. The Morgan fingerprint density at radius 1 is 0.774 bits per heavy atom. The van der Waals surface area contributed by atoms with Gasteiger partial charge in [0.05, 0.1) is 0 Å². The minimum absolute atomic E-state index is 0.748. The first-order valence-corrected chi connectivity index (χ1v) is 9.00. The van der Waals surface area contributed by atoms with Crippen molar-refractivity contribution in [2.45, 2.75) is 166 Å². The molecule has 0 aromatic heterocycles. The van der Waals surface area contributed by atoms with Gasteiger partial charge in [-0.05, 0) is 47.2 Å². The van der Waals surface area contributed by atoms with Crippen molar-refractivity contribution in [1.82, 2.24) is 0 Å². The Hall–Kier alpha value is 0. The molecule has 0 heteroatoms. The van der Waals surface area contributed by atoms with Gasteiger partial charge in [0.1, 0.15) is 0 Å². The summed E-state index contributed by atoms with van der Waals surface area (Å²) in [6.45, 7) is -8.17. The molecule has 0 aliphatic heterocycles. The predicted molar refractivity (Wildman–Crippen MR) is 147 cm³/mol. The molecule has 0 spiro atoms. The Balaban J connectivity index is 0. The highest BCUT2D eigenvalue weighted by Gasteiger charge is 2.24. The summed E-state index contributed by atoms with van der Waals surface area (Å²) in [5.41, 5.74) is -4.60. The Kier molecular flexibility index (Phi) is 3.03. The maximum atomic E-state index is 7.89. The highest BCUT2D eigenvalue weighted by molar-refractivity contribution is 4.76. The van der Waals surface area contributed by atoms with E-state index in [1.54, 1.807) is 0 Å². The number of rotatable bonds is 0. The van der Waals surface area contributed by atoms with Crippen molar-refractivity contribution >= 4 is 0 Å². The molecule has 3 fully saturated rings. The van der Waals surface area contributed by atoms with Gasteiger partial charge in [0.2, 0.25) is 0 Å². The molecule has 0 saturated heterocycles. The summed E-state index contributed by atoms with van der Waals surface area (Å²) in [6.07, 6.45) is -39.4. The molecular formula is C31H66. The third kappa shape index (κ3) is 32.3. The van der Waals surface area contributed by atoms with Crippen LogP contribution in [0.1, 0.15) is 227 Å². The van der Waals surface area contributed by atoms with Crippen LogP contribution in [0.25, 0.3) is 0 Å². The van der Waals surface area contributed by atoms with Crippen molar-refractivity contribution in [2.75, 3.05) is 0 Å². The van der Waals surface area contributed by atoms with Crippen LogP contribution in [0.2, 0.25) is 0 Å². The molecule has 190 valence electrons. The van der Waals surface area contributed by atoms with Gasteiger partial charge in [0.15, 0.2) is 0 Å². The molecule has 0 heterocycles. The lowest BCUT2D eigenvalue weighted by molar-refractivity contribution is 0.201. The molecule has 0 aromatic carbocycles. The van der Waals surface area contributed by atoms with Gasteiger partial charge in [-0.3, -0.25) is 0 Å². The zero-order valence-electron chi connectivity index (χ0n) is 64.0. The summed E-state index contributed by atoms with van der Waals surface area (Å²) in [5, 5.41) is 0. The first-order chi connectivity index (χ1) is 31.5. The largest absolute Gasteiger partial charge is 0.0630 e. The summed E-state index contributed by atoms with van der Waals surface area (Å²) in [6, 6.07) is 0. The molecule has 3 aliphatic carbocycles. The van der Waals surface area contributed by atoms with Crippen molar-refractivity contribution in [3.05, 3.63) is 0 Å². The van der Waals surface area contributed by atoms with E-state index < -0.39 is 152 Å². The van der Waals surface area contributed by atoms with E-state index in [1.807, 2.05) is 0 Å². The van der Waals surface area contributed by atoms with E-state index >= 15 is 0 Å². The molecule has 0 unspecified atom stereocenters. The van der Waals surface area contributed by atoms with E-state index in [0.717, 1.165) is 48.5 Å². The molecule has 0 bridgehead atoms. The van der Waals surface area contributed by atoms with Crippen LogP contribution in [-0.2, 0) is 0 Å². The van der Waals surface area contributed by atoms with Crippen LogP contribution in [-0.4, -0.2) is 0 Å². The highest BCUT2D eigenvalue weighted by Crippen LogP contribution is 2.37. The fourth-order valence-corrected chi connectivity index (χ4v) is 1.16. The second-order valence-corrected chi connectivity index (χ2v) is 6.88. The molecule has 0 atom stereocenters. The zero-order chi connectivity index (χ0) is 64.0. The zero-order valence-corrected chi connectivity index (χ0v) is 19.0. The molecular weight excluding hydrogens is 372 g/mol. The van der Waals surface area contributed by atoms with Gasteiger partial charge in [0, 0.05) is 61.7 Å². The lowest BCUT2D eigenvalue weighted by Crippen LogP contribution is -2.19. The van der Waals surface area contributed by atoms with Crippen molar-refractivity contribution in [1.29, 1.82) is 0 Å². The SMILES string of the molecule is [2H]C([2H])([2H])C(C)(C([2H])([2H])[2H])C([2H])([2H])[2H].[2H]C([2H])([2H])C([2H])(C)C([2H])([2H])[2H].[2H]C1([2H])C([2H])([2H])C(C)(C)C([2H])([2H])C([2H])([2H])C1([2H])C.[2H]C1([2H])C([2H])([2H])C([2H])([2H])C([2H])(C)C([2H])([2H])C1([2H])[2H].[2H]C1([2H])C([2H])([2H])C([2H])([2H])C([2H])(C)C1([2H])[2H]. The van der Waals surface area contributed by atoms with Crippen LogP contribution in [0.15, 0.2) is 0 Å². The lowest BCUT2D eigenvalue weighted by atomic mass is 9.74. The molecule has 0 aromatic rings. The predicted octanol–water partition coefficient (Wildman–Crippen LogP) is 11.7. The molecule has 3 saturated carbocycles. The average molecular weight is 484 g/mol. The van der Waals surface area contributed by atoms with Gasteiger partial charge in [-0.1, -0.05) is 153 Å². The third-order valence-electron chi connectivity index (χ3n) is 2.31. The molecule has 0 N–H and O–H groups in total. The van der Waals surface area contributed by atoms with Crippen LogP contribution in [0.5, 0.6) is 0 Å². The first kappa shape index (κ1) is 5.09. The molecule has 3 aliphatic rings. The smallest absolute Gasteiger partial charge is 0.0300 e. The molecule has 0 nitrogen and oxygen atoms in total. The van der Waals surface area contributed by atoms with E-state index in [2.05, 4.69) is 0 Å². The van der Waals surface area contributed by atoms with Crippen molar-refractivity contribution < 1.29 is 61.7 Å². The number of hydrogen-bond acceptors (Lipinski definition) is 0. The normalized spacial score (nSPS) is 70.0. The Morgan fingerprint density at radius 2 is 1.13 bits per heavy atom. The van der Waals surface area contributed by atoms with Crippen LogP contribution < -0.4 is 0 Å². The minimum atomic E-state index is -3.41. The van der Waals surface area contributed by atoms with E-state index in [1.165, 1.54) is 0 Å². The minimum Gasteiger partial charge on any atom is -0.0630 e. The van der Waals surface area contributed by atoms with Gasteiger partial charge in [-0.25, -0.2) is 0 Å². The van der Waals surface area contributed by atoms with Crippen LogP contribution in [0.3, 0.4) is 0 Å². The van der Waals surface area contributed by atoms with Crippen LogP contribution in [0.4, 0.5) is 0 Å². The highest BCUT2D eigenvalue weighted by atomic mass is 14.3. The van der Waals surface area contributed by atoms with E-state index in [9.17, 15) is 0 Å². The van der Waals surface area contributed by atoms with Crippen molar-refractivity contribution in [3.63, 3.8) is 0 Å². The van der Waals surface area contributed by atoms with Crippen molar-refractivity contribution in [3.8, 4) is 0 Å². The van der Waals surface area contributed by atoms with Gasteiger partial charge in [0.25, 0.3) is 0 Å². The summed E-state index contributed by atoms with van der Waals surface area (Å²) in [4.78, 5) is 0. The fourth-order valence-electron chi connectivity index (χ4n) is 1.16. The van der Waals surface area contributed by atoms with Gasteiger partial charge in [-0.2, -0.15) is 0 Å². The summed E-state index contributed by atoms with van der Waals surface area (Å²) < 4.78 is 331. The number of hydrogen-bond donors (Lipinski definition) is 0. The molecule has 3 rings (SSSR count). The molecule has 31 heavy (non-hydrogen) atoms. The van der Waals surface area contributed by atoms with E-state index in [4.69, 9.17) is 61.7 Å². The topological polar surface area (TPSA) is 0 Å². The second-order valence-electron chi connectivity index (χ2n) is 6.88. The second kappa shape index (κ2) is 18.4. The van der Waals surface area contributed by atoms with E-state index in [0.29, 0.717) is 0 Å². The van der Waals surface area contributed by atoms with Gasteiger partial charge in [-0.15, -0.1) is 0 Å². The maximum absolute atomic E-state index is 7.89. The Bertz CT molecular complexity index is 1570.